The molecule has 0 aliphatic carbocycles. The zero-order valence-corrected chi connectivity index (χ0v) is 9.57. The van der Waals surface area contributed by atoms with Crippen molar-refractivity contribution in [2.45, 2.75) is 24.9 Å². The molecule has 1 aliphatic heterocycles. The number of aromatic nitrogens is 1. The number of aliphatic hydroxyl groups is 1. The molecule has 1 aromatic rings. The molecule has 4 nitrogen and oxygen atoms in total. The van der Waals surface area contributed by atoms with Crippen LogP contribution in [0.2, 0.25) is 0 Å². The molecule has 0 amide bonds. The third kappa shape index (κ3) is 2.71. The van der Waals surface area contributed by atoms with Gasteiger partial charge in [-0.05, 0) is 37.6 Å². The van der Waals surface area contributed by atoms with Crippen LogP contribution in [0.4, 0.5) is 0 Å². The fraction of sp³-hybridized carbons (Fsp3) is 0.583. The van der Waals surface area contributed by atoms with Crippen LogP contribution >= 0.6 is 0 Å². The minimum atomic E-state index is -0.584. The molecule has 16 heavy (non-hydrogen) atoms. The maximum atomic E-state index is 10.4. The molecule has 0 atom stereocenters. The van der Waals surface area contributed by atoms with Crippen molar-refractivity contribution < 1.29 is 9.84 Å². The number of rotatable bonds is 3. The Hall–Kier alpha value is -1.13. The zero-order valence-electron chi connectivity index (χ0n) is 9.57. The van der Waals surface area contributed by atoms with Crippen molar-refractivity contribution in [1.82, 2.24) is 10.3 Å². The van der Waals surface area contributed by atoms with Crippen LogP contribution in [0, 0.1) is 0 Å². The normalized spacial score (nSPS) is 19.4. The van der Waals surface area contributed by atoms with Gasteiger partial charge in [0.2, 0.25) is 0 Å². The Balaban J connectivity index is 2.07. The molecule has 1 aromatic heterocycles. The number of hydrogen-bond acceptors (Lipinski definition) is 4. The average molecular weight is 222 g/mol. The number of nitrogens with one attached hydrogen (secondary N) is 1. The van der Waals surface area contributed by atoms with E-state index in [-0.39, 0.29) is 0 Å². The predicted octanol–water partition coefficient (Wildman–Crippen LogP) is 0.747. The Bertz CT molecular complexity index is 349. The standard InChI is InChI=1S/C12H18N2O2/c1-16-11-6-10(8-14-9-11)7-12(15)2-4-13-5-3-12/h6,8-9,13,15H,2-5,7H2,1H3. The summed E-state index contributed by atoms with van der Waals surface area (Å²) in [6, 6.07) is 1.94. The molecule has 0 spiro atoms. The lowest BCUT2D eigenvalue weighted by Crippen LogP contribution is -2.43. The molecule has 0 radical (unpaired) electrons. The summed E-state index contributed by atoms with van der Waals surface area (Å²) in [7, 11) is 1.63. The van der Waals surface area contributed by atoms with Crippen LogP contribution in [0.15, 0.2) is 18.5 Å². The number of methoxy groups -OCH3 is 1. The maximum Gasteiger partial charge on any atom is 0.137 e. The Kier molecular flexibility index (Phi) is 3.41. The summed E-state index contributed by atoms with van der Waals surface area (Å²) < 4.78 is 5.12. The van der Waals surface area contributed by atoms with E-state index < -0.39 is 5.60 Å². The van der Waals surface area contributed by atoms with Crippen LogP contribution in [0.25, 0.3) is 0 Å². The molecule has 2 N–H and O–H groups in total. The van der Waals surface area contributed by atoms with Crippen LogP contribution < -0.4 is 10.1 Å². The summed E-state index contributed by atoms with van der Waals surface area (Å²) in [5.74, 6) is 0.745. The van der Waals surface area contributed by atoms with E-state index in [2.05, 4.69) is 10.3 Å². The van der Waals surface area contributed by atoms with Gasteiger partial charge in [-0.25, -0.2) is 0 Å². The van der Waals surface area contributed by atoms with E-state index in [4.69, 9.17) is 4.74 Å². The van der Waals surface area contributed by atoms with E-state index in [1.165, 1.54) is 0 Å². The molecule has 0 bridgehead atoms. The number of nitrogens with zero attached hydrogens (tertiary/aromatic N) is 1. The molecule has 1 fully saturated rings. The number of piperidine rings is 1. The third-order valence-corrected chi connectivity index (χ3v) is 3.07. The van der Waals surface area contributed by atoms with Gasteiger partial charge in [-0.3, -0.25) is 4.98 Å². The van der Waals surface area contributed by atoms with Gasteiger partial charge in [-0.2, -0.15) is 0 Å². The summed E-state index contributed by atoms with van der Waals surface area (Å²) in [6.45, 7) is 1.77. The topological polar surface area (TPSA) is 54.4 Å². The van der Waals surface area contributed by atoms with Gasteiger partial charge in [0, 0.05) is 12.6 Å². The minimum absolute atomic E-state index is 0.584. The van der Waals surface area contributed by atoms with E-state index in [9.17, 15) is 5.11 Å². The van der Waals surface area contributed by atoms with E-state index >= 15 is 0 Å². The zero-order chi connectivity index (χ0) is 11.4. The van der Waals surface area contributed by atoms with Gasteiger partial charge < -0.3 is 15.2 Å². The van der Waals surface area contributed by atoms with Gasteiger partial charge in [-0.1, -0.05) is 0 Å². The van der Waals surface area contributed by atoms with Gasteiger partial charge in [0.15, 0.2) is 0 Å². The summed E-state index contributed by atoms with van der Waals surface area (Å²) >= 11 is 0. The van der Waals surface area contributed by atoms with Crippen molar-refractivity contribution in [3.8, 4) is 5.75 Å². The van der Waals surface area contributed by atoms with Gasteiger partial charge in [0.1, 0.15) is 5.75 Å². The number of ether oxygens (including phenoxy) is 1. The molecule has 1 aliphatic rings. The van der Waals surface area contributed by atoms with Crippen molar-refractivity contribution in [2.75, 3.05) is 20.2 Å². The molecule has 1 saturated heterocycles. The van der Waals surface area contributed by atoms with Crippen LogP contribution in [0.5, 0.6) is 5.75 Å². The lowest BCUT2D eigenvalue weighted by Gasteiger charge is -2.32. The fourth-order valence-electron chi connectivity index (χ4n) is 2.12. The van der Waals surface area contributed by atoms with Gasteiger partial charge in [0.05, 0.1) is 18.9 Å². The van der Waals surface area contributed by atoms with Crippen molar-refractivity contribution in [2.24, 2.45) is 0 Å². The second-order valence-electron chi connectivity index (χ2n) is 4.38. The molecule has 88 valence electrons. The Morgan fingerprint density at radius 3 is 2.88 bits per heavy atom. The maximum absolute atomic E-state index is 10.4. The molecule has 0 aromatic carbocycles. The minimum Gasteiger partial charge on any atom is -0.495 e. The van der Waals surface area contributed by atoms with E-state index in [1.807, 2.05) is 6.07 Å². The quantitative estimate of drug-likeness (QED) is 0.792. The van der Waals surface area contributed by atoms with Gasteiger partial charge >= 0.3 is 0 Å². The van der Waals surface area contributed by atoms with Crippen molar-refractivity contribution >= 4 is 0 Å². The highest BCUT2D eigenvalue weighted by atomic mass is 16.5. The largest absolute Gasteiger partial charge is 0.495 e. The van der Waals surface area contributed by atoms with Gasteiger partial charge in [-0.15, -0.1) is 0 Å². The number of hydrogen-bond donors (Lipinski definition) is 2. The first kappa shape index (κ1) is 11.4. The lowest BCUT2D eigenvalue weighted by molar-refractivity contribution is 0.0108. The van der Waals surface area contributed by atoms with Crippen LogP contribution in [0.1, 0.15) is 18.4 Å². The monoisotopic (exact) mass is 222 g/mol. The summed E-state index contributed by atoms with van der Waals surface area (Å²) in [5.41, 5.74) is 0.447. The van der Waals surface area contributed by atoms with Crippen LogP contribution in [-0.4, -0.2) is 35.9 Å². The van der Waals surface area contributed by atoms with Crippen LogP contribution in [0.3, 0.4) is 0 Å². The molecular weight excluding hydrogens is 204 g/mol. The number of pyridine rings is 1. The first-order valence-electron chi connectivity index (χ1n) is 5.63. The molecule has 2 heterocycles. The Morgan fingerprint density at radius 1 is 1.44 bits per heavy atom. The smallest absolute Gasteiger partial charge is 0.137 e. The first-order chi connectivity index (χ1) is 7.72. The second-order valence-corrected chi connectivity index (χ2v) is 4.38. The average Bonchev–Trinajstić information content (AvgIpc) is 2.29. The van der Waals surface area contributed by atoms with Gasteiger partial charge in [0.25, 0.3) is 0 Å². The second kappa shape index (κ2) is 4.80. The SMILES string of the molecule is COc1cncc(CC2(O)CCNCC2)c1. The highest BCUT2D eigenvalue weighted by Crippen LogP contribution is 2.24. The van der Waals surface area contributed by atoms with Crippen LogP contribution in [-0.2, 0) is 6.42 Å². The van der Waals surface area contributed by atoms with E-state index in [0.29, 0.717) is 6.42 Å². The van der Waals surface area contributed by atoms with Crippen molar-refractivity contribution in [3.05, 3.63) is 24.0 Å². The molecule has 0 unspecified atom stereocenters. The summed E-state index contributed by atoms with van der Waals surface area (Å²) in [4.78, 5) is 4.10. The van der Waals surface area contributed by atoms with E-state index in [0.717, 1.165) is 37.2 Å². The Labute approximate surface area is 95.7 Å². The Morgan fingerprint density at radius 2 is 2.19 bits per heavy atom. The molecular formula is C12H18N2O2. The lowest BCUT2D eigenvalue weighted by atomic mass is 9.86. The summed E-state index contributed by atoms with van der Waals surface area (Å²) in [5, 5.41) is 13.6. The predicted molar refractivity (Wildman–Crippen MR) is 61.5 cm³/mol. The highest BCUT2D eigenvalue weighted by molar-refractivity contribution is 5.24. The summed E-state index contributed by atoms with van der Waals surface area (Å²) in [6.07, 6.45) is 5.71. The van der Waals surface area contributed by atoms with E-state index in [1.54, 1.807) is 19.5 Å². The van der Waals surface area contributed by atoms with Crippen molar-refractivity contribution in [1.29, 1.82) is 0 Å². The fourth-order valence-corrected chi connectivity index (χ4v) is 2.12. The third-order valence-electron chi connectivity index (χ3n) is 3.07. The molecule has 0 saturated carbocycles. The van der Waals surface area contributed by atoms with Crippen molar-refractivity contribution in [3.63, 3.8) is 0 Å². The first-order valence-corrected chi connectivity index (χ1v) is 5.63. The molecule has 2 rings (SSSR count). The highest BCUT2D eigenvalue weighted by Gasteiger charge is 2.29. The molecule has 4 heteroatoms.